The Morgan fingerprint density at radius 2 is 1.67 bits per heavy atom. The van der Waals surface area contributed by atoms with Gasteiger partial charge in [-0.1, -0.05) is 12.8 Å². The number of carbonyl (C=O) groups excluding carboxylic acids is 2. The highest BCUT2D eigenvalue weighted by molar-refractivity contribution is 5.72. The molecule has 0 radical (unpaired) electrons. The third-order valence-corrected chi connectivity index (χ3v) is 2.08. The maximum atomic E-state index is 11.4. The van der Waals surface area contributed by atoms with E-state index in [1.807, 2.05) is 6.92 Å². The third-order valence-electron chi connectivity index (χ3n) is 2.08. The number of carbonyl (C=O) groups is 2. The fourth-order valence-electron chi connectivity index (χ4n) is 1.29. The third kappa shape index (κ3) is 8.63. The molecule has 0 aromatic heterocycles. The van der Waals surface area contributed by atoms with Crippen molar-refractivity contribution >= 4 is 11.9 Å². The Morgan fingerprint density at radius 1 is 1.11 bits per heavy atom. The minimum Gasteiger partial charge on any atom is -0.463 e. The van der Waals surface area contributed by atoms with Gasteiger partial charge in [0.25, 0.3) is 0 Å². The molecule has 0 heterocycles. The Kier molecular flexibility index (Phi) is 8.73. The van der Waals surface area contributed by atoms with Gasteiger partial charge in [-0.05, 0) is 33.6 Å². The predicted molar refractivity (Wildman–Crippen MR) is 68.7 cm³/mol. The summed E-state index contributed by atoms with van der Waals surface area (Å²) >= 11 is 0. The monoisotopic (exact) mass is 254 g/mol. The Balaban J connectivity index is 3.82. The van der Waals surface area contributed by atoms with Gasteiger partial charge in [-0.3, -0.25) is 9.59 Å². The van der Waals surface area contributed by atoms with Crippen LogP contribution in [-0.4, -0.2) is 24.1 Å². The van der Waals surface area contributed by atoms with Crippen LogP contribution in [0.2, 0.25) is 0 Å². The van der Waals surface area contributed by atoms with Crippen LogP contribution in [0.5, 0.6) is 0 Å². The summed E-state index contributed by atoms with van der Waals surface area (Å²) in [7, 11) is 0. The van der Waals surface area contributed by atoms with Crippen molar-refractivity contribution in [1.29, 1.82) is 0 Å². The van der Waals surface area contributed by atoms with E-state index >= 15 is 0 Å². The van der Waals surface area contributed by atoms with E-state index in [-0.39, 0.29) is 37.0 Å². The lowest BCUT2D eigenvalue weighted by atomic mass is 10.2. The summed E-state index contributed by atoms with van der Waals surface area (Å²) in [5.41, 5.74) is 0. The van der Waals surface area contributed by atoms with Gasteiger partial charge in [-0.15, -0.1) is 5.92 Å². The molecule has 102 valence electrons. The summed E-state index contributed by atoms with van der Waals surface area (Å²) in [6, 6.07) is 0. The molecule has 0 rings (SSSR count). The van der Waals surface area contributed by atoms with Crippen molar-refractivity contribution in [1.82, 2.24) is 0 Å². The lowest BCUT2D eigenvalue weighted by Gasteiger charge is -2.10. The Labute approximate surface area is 109 Å². The zero-order valence-electron chi connectivity index (χ0n) is 11.6. The van der Waals surface area contributed by atoms with Crippen molar-refractivity contribution in [2.24, 2.45) is 0 Å². The number of ether oxygens (including phenoxy) is 2. The molecule has 18 heavy (non-hydrogen) atoms. The van der Waals surface area contributed by atoms with Crippen molar-refractivity contribution in [3.05, 3.63) is 0 Å². The van der Waals surface area contributed by atoms with Crippen molar-refractivity contribution in [3.63, 3.8) is 0 Å². The lowest BCUT2D eigenvalue weighted by Crippen LogP contribution is -2.16. The van der Waals surface area contributed by atoms with Crippen LogP contribution in [0.3, 0.4) is 0 Å². The van der Waals surface area contributed by atoms with Crippen molar-refractivity contribution in [2.45, 2.75) is 65.6 Å². The molecule has 0 aliphatic carbocycles. The molecule has 0 bridgehead atoms. The molecule has 0 spiro atoms. The fourth-order valence-corrected chi connectivity index (χ4v) is 1.29. The SMILES string of the molecule is CC#CC(CC)OC(=O)CCCC(=O)OC(C)C. The molecule has 1 unspecified atom stereocenters. The van der Waals surface area contributed by atoms with Gasteiger partial charge in [0.2, 0.25) is 0 Å². The van der Waals surface area contributed by atoms with Gasteiger partial charge in [-0.2, -0.15) is 0 Å². The summed E-state index contributed by atoms with van der Waals surface area (Å²) in [6.07, 6.45) is 1.11. The van der Waals surface area contributed by atoms with Gasteiger partial charge in [0.15, 0.2) is 6.10 Å². The molecule has 0 amide bonds. The normalized spacial score (nSPS) is 11.4. The number of esters is 2. The van der Waals surface area contributed by atoms with E-state index in [0.717, 1.165) is 0 Å². The first-order valence-corrected chi connectivity index (χ1v) is 6.30. The number of hydrogen-bond donors (Lipinski definition) is 0. The average molecular weight is 254 g/mol. The number of rotatable bonds is 7. The standard InChI is InChI=1S/C14H22O4/c1-5-8-12(6-2)18-14(16)10-7-9-13(15)17-11(3)4/h11-12H,6-7,9-10H2,1-4H3. The molecule has 4 heteroatoms. The van der Waals surface area contributed by atoms with Gasteiger partial charge < -0.3 is 9.47 Å². The average Bonchev–Trinajstić information content (AvgIpc) is 2.27. The smallest absolute Gasteiger partial charge is 0.307 e. The molecule has 0 saturated carbocycles. The molecule has 0 aromatic rings. The predicted octanol–water partition coefficient (Wildman–Crippen LogP) is 2.45. The Morgan fingerprint density at radius 3 is 2.11 bits per heavy atom. The van der Waals surface area contributed by atoms with Crippen LogP contribution in [0.4, 0.5) is 0 Å². The minimum absolute atomic E-state index is 0.117. The zero-order valence-corrected chi connectivity index (χ0v) is 11.6. The maximum absolute atomic E-state index is 11.4. The van der Waals surface area contributed by atoms with Crippen molar-refractivity contribution < 1.29 is 19.1 Å². The van der Waals surface area contributed by atoms with Crippen LogP contribution in [0.1, 0.15) is 53.4 Å². The molecule has 0 aliphatic heterocycles. The Hall–Kier alpha value is -1.50. The molecular formula is C14H22O4. The first kappa shape index (κ1) is 16.5. The van der Waals surface area contributed by atoms with E-state index in [2.05, 4.69) is 11.8 Å². The van der Waals surface area contributed by atoms with Crippen LogP contribution in [0.15, 0.2) is 0 Å². The van der Waals surface area contributed by atoms with Gasteiger partial charge in [-0.25, -0.2) is 0 Å². The van der Waals surface area contributed by atoms with E-state index < -0.39 is 0 Å². The van der Waals surface area contributed by atoms with Crippen LogP contribution >= 0.6 is 0 Å². The van der Waals surface area contributed by atoms with Crippen LogP contribution in [0, 0.1) is 11.8 Å². The minimum atomic E-state index is -0.342. The van der Waals surface area contributed by atoms with Crippen LogP contribution in [0.25, 0.3) is 0 Å². The zero-order chi connectivity index (χ0) is 14.0. The topological polar surface area (TPSA) is 52.6 Å². The highest BCUT2D eigenvalue weighted by Gasteiger charge is 2.11. The lowest BCUT2D eigenvalue weighted by molar-refractivity contribution is -0.148. The molecular weight excluding hydrogens is 232 g/mol. The molecule has 0 aliphatic rings. The van der Waals surface area contributed by atoms with Crippen LogP contribution in [-0.2, 0) is 19.1 Å². The molecule has 0 fully saturated rings. The summed E-state index contributed by atoms with van der Waals surface area (Å²) < 4.78 is 10.1. The second-order valence-corrected chi connectivity index (χ2v) is 4.17. The van der Waals surface area contributed by atoms with E-state index in [1.165, 1.54) is 0 Å². The van der Waals surface area contributed by atoms with Gasteiger partial charge in [0, 0.05) is 12.8 Å². The highest BCUT2D eigenvalue weighted by atomic mass is 16.5. The van der Waals surface area contributed by atoms with Gasteiger partial charge >= 0.3 is 11.9 Å². The van der Waals surface area contributed by atoms with E-state index in [0.29, 0.717) is 12.8 Å². The molecule has 4 nitrogen and oxygen atoms in total. The van der Waals surface area contributed by atoms with Gasteiger partial charge in [0.1, 0.15) is 0 Å². The molecule has 1 atom stereocenters. The quantitative estimate of drug-likeness (QED) is 0.517. The van der Waals surface area contributed by atoms with E-state index in [1.54, 1.807) is 20.8 Å². The highest BCUT2D eigenvalue weighted by Crippen LogP contribution is 2.05. The fraction of sp³-hybridized carbons (Fsp3) is 0.714. The molecule has 0 saturated heterocycles. The largest absolute Gasteiger partial charge is 0.463 e. The molecule has 0 N–H and O–H groups in total. The molecule has 0 aromatic carbocycles. The van der Waals surface area contributed by atoms with Crippen molar-refractivity contribution in [3.8, 4) is 11.8 Å². The van der Waals surface area contributed by atoms with Gasteiger partial charge in [0.05, 0.1) is 6.10 Å². The summed E-state index contributed by atoms with van der Waals surface area (Å²) in [5.74, 6) is 4.93. The van der Waals surface area contributed by atoms with Crippen molar-refractivity contribution in [2.75, 3.05) is 0 Å². The summed E-state index contributed by atoms with van der Waals surface area (Å²) in [4.78, 5) is 22.7. The summed E-state index contributed by atoms with van der Waals surface area (Å²) in [6.45, 7) is 7.20. The summed E-state index contributed by atoms with van der Waals surface area (Å²) in [5, 5.41) is 0. The maximum Gasteiger partial charge on any atom is 0.307 e. The second kappa shape index (κ2) is 9.52. The first-order chi connectivity index (χ1) is 8.49. The van der Waals surface area contributed by atoms with E-state index in [9.17, 15) is 9.59 Å². The van der Waals surface area contributed by atoms with E-state index in [4.69, 9.17) is 9.47 Å². The first-order valence-electron chi connectivity index (χ1n) is 6.30. The second-order valence-electron chi connectivity index (χ2n) is 4.17. The Bertz CT molecular complexity index is 322. The van der Waals surface area contributed by atoms with Crippen LogP contribution < -0.4 is 0 Å². The number of hydrogen-bond acceptors (Lipinski definition) is 4.